The molecule has 0 aliphatic heterocycles. The average molecular weight is 280 g/mol. The monoisotopic (exact) mass is 280 g/mol. The van der Waals surface area contributed by atoms with Crippen LogP contribution in [0.15, 0.2) is 18.2 Å². The Morgan fingerprint density at radius 3 is 2.65 bits per heavy atom. The van der Waals surface area contributed by atoms with E-state index in [0.717, 1.165) is 25.0 Å². The average Bonchev–Trinajstić information content (AvgIpc) is 2.41. The second kappa shape index (κ2) is 8.72. The quantitative estimate of drug-likeness (QED) is 0.620. The summed E-state index contributed by atoms with van der Waals surface area (Å²) in [6.45, 7) is 6.35. The van der Waals surface area contributed by atoms with E-state index in [-0.39, 0.29) is 11.7 Å². The Bertz CT molecular complexity index is 427. The fraction of sp³-hybridized carbons (Fsp3) is 0.588. The van der Waals surface area contributed by atoms with Crippen LogP contribution in [0.3, 0.4) is 0 Å². The topological polar surface area (TPSA) is 26.3 Å². The summed E-state index contributed by atoms with van der Waals surface area (Å²) in [5, 5.41) is 0. The van der Waals surface area contributed by atoms with Crippen molar-refractivity contribution in [2.75, 3.05) is 6.61 Å². The van der Waals surface area contributed by atoms with Crippen molar-refractivity contribution >= 4 is 5.78 Å². The summed E-state index contributed by atoms with van der Waals surface area (Å²) in [6, 6.07) is 4.89. The van der Waals surface area contributed by atoms with Crippen LogP contribution in [-0.4, -0.2) is 12.4 Å². The highest BCUT2D eigenvalue weighted by Gasteiger charge is 2.07. The Labute approximate surface area is 121 Å². The van der Waals surface area contributed by atoms with E-state index in [1.54, 1.807) is 12.1 Å². The predicted octanol–water partition coefficient (Wildman–Crippen LogP) is 4.55. The molecule has 112 valence electrons. The fourth-order valence-electron chi connectivity index (χ4n) is 2.08. The zero-order valence-corrected chi connectivity index (χ0v) is 12.7. The van der Waals surface area contributed by atoms with Gasteiger partial charge in [-0.25, -0.2) is 4.39 Å². The summed E-state index contributed by atoms with van der Waals surface area (Å²) >= 11 is 0. The van der Waals surface area contributed by atoms with E-state index in [0.29, 0.717) is 30.8 Å². The van der Waals surface area contributed by atoms with E-state index < -0.39 is 0 Å². The first-order chi connectivity index (χ1) is 9.54. The molecule has 0 aliphatic rings. The number of benzene rings is 1. The fourth-order valence-corrected chi connectivity index (χ4v) is 2.08. The summed E-state index contributed by atoms with van der Waals surface area (Å²) < 4.78 is 19.0. The molecule has 20 heavy (non-hydrogen) atoms. The molecule has 0 unspecified atom stereocenters. The molecule has 1 aromatic carbocycles. The third kappa shape index (κ3) is 5.72. The van der Waals surface area contributed by atoms with Crippen LogP contribution < -0.4 is 4.74 Å². The predicted molar refractivity (Wildman–Crippen MR) is 79.6 cm³/mol. The van der Waals surface area contributed by atoms with Crippen LogP contribution in [0.5, 0.6) is 5.75 Å². The molecule has 0 aliphatic carbocycles. The van der Waals surface area contributed by atoms with Gasteiger partial charge in [0.15, 0.2) is 0 Å². The Balaban J connectivity index is 2.34. The SMILES string of the molecule is CCOc1ccc(F)c(CCCCCC(=O)C(C)C)c1. The second-order valence-electron chi connectivity index (χ2n) is 5.37. The van der Waals surface area contributed by atoms with Crippen molar-refractivity contribution in [3.05, 3.63) is 29.6 Å². The van der Waals surface area contributed by atoms with Gasteiger partial charge < -0.3 is 4.74 Å². The van der Waals surface area contributed by atoms with E-state index in [4.69, 9.17) is 4.74 Å². The molecule has 0 fully saturated rings. The lowest BCUT2D eigenvalue weighted by molar-refractivity contribution is -0.122. The van der Waals surface area contributed by atoms with Gasteiger partial charge >= 0.3 is 0 Å². The zero-order valence-electron chi connectivity index (χ0n) is 12.7. The normalized spacial score (nSPS) is 10.8. The van der Waals surface area contributed by atoms with Crippen LogP contribution in [0.2, 0.25) is 0 Å². The van der Waals surface area contributed by atoms with Crippen molar-refractivity contribution in [1.82, 2.24) is 0 Å². The maximum Gasteiger partial charge on any atom is 0.135 e. The van der Waals surface area contributed by atoms with Crippen LogP contribution in [-0.2, 0) is 11.2 Å². The third-order valence-electron chi connectivity index (χ3n) is 3.34. The van der Waals surface area contributed by atoms with E-state index >= 15 is 0 Å². The third-order valence-corrected chi connectivity index (χ3v) is 3.34. The van der Waals surface area contributed by atoms with E-state index in [9.17, 15) is 9.18 Å². The minimum atomic E-state index is -0.174. The Kier molecular flexibility index (Phi) is 7.27. The van der Waals surface area contributed by atoms with Crippen LogP contribution >= 0.6 is 0 Å². The first-order valence-electron chi connectivity index (χ1n) is 7.48. The molecule has 1 rings (SSSR count). The molecule has 0 heterocycles. The molecule has 0 atom stereocenters. The molecule has 0 saturated heterocycles. The molecular formula is C17H25FO2. The molecule has 2 nitrogen and oxygen atoms in total. The Morgan fingerprint density at radius 1 is 1.25 bits per heavy atom. The van der Waals surface area contributed by atoms with Gasteiger partial charge in [-0.05, 0) is 49.9 Å². The van der Waals surface area contributed by atoms with Gasteiger partial charge in [0, 0.05) is 12.3 Å². The zero-order chi connectivity index (χ0) is 15.0. The van der Waals surface area contributed by atoms with Gasteiger partial charge in [-0.1, -0.05) is 20.3 Å². The molecule has 0 amide bonds. The standard InChI is InChI=1S/C17H25FO2/c1-4-20-15-10-11-16(18)14(12-15)8-6-5-7-9-17(19)13(2)3/h10-13H,4-9H2,1-3H3. The van der Waals surface area contributed by atoms with Gasteiger partial charge in [0.25, 0.3) is 0 Å². The van der Waals surface area contributed by atoms with Gasteiger partial charge in [0.2, 0.25) is 0 Å². The first kappa shape index (κ1) is 16.7. The number of carbonyl (C=O) groups is 1. The molecule has 0 aromatic heterocycles. The van der Waals surface area contributed by atoms with Crippen molar-refractivity contribution < 1.29 is 13.9 Å². The summed E-state index contributed by atoms with van der Waals surface area (Å²) in [4.78, 5) is 11.5. The molecule has 0 bridgehead atoms. The number of halogens is 1. The van der Waals surface area contributed by atoms with Crippen molar-refractivity contribution in [3.8, 4) is 5.75 Å². The lowest BCUT2D eigenvalue weighted by Crippen LogP contribution is -2.06. The minimum Gasteiger partial charge on any atom is -0.494 e. The summed E-state index contributed by atoms with van der Waals surface area (Å²) in [5.41, 5.74) is 0.700. The number of carbonyl (C=O) groups excluding carboxylic acids is 1. The highest BCUT2D eigenvalue weighted by molar-refractivity contribution is 5.80. The van der Waals surface area contributed by atoms with Crippen LogP contribution in [0.4, 0.5) is 4.39 Å². The number of hydrogen-bond donors (Lipinski definition) is 0. The van der Waals surface area contributed by atoms with Gasteiger partial charge in [-0.2, -0.15) is 0 Å². The van der Waals surface area contributed by atoms with Gasteiger partial charge in [0.05, 0.1) is 6.61 Å². The Hall–Kier alpha value is -1.38. The number of hydrogen-bond acceptors (Lipinski definition) is 2. The highest BCUT2D eigenvalue weighted by Crippen LogP contribution is 2.19. The summed E-state index contributed by atoms with van der Waals surface area (Å²) in [5.74, 6) is 0.982. The van der Waals surface area contributed by atoms with Crippen molar-refractivity contribution in [2.24, 2.45) is 5.92 Å². The number of aryl methyl sites for hydroxylation is 1. The second-order valence-corrected chi connectivity index (χ2v) is 5.37. The first-order valence-corrected chi connectivity index (χ1v) is 7.48. The lowest BCUT2D eigenvalue weighted by Gasteiger charge is -2.08. The maximum absolute atomic E-state index is 13.6. The number of rotatable bonds is 9. The van der Waals surface area contributed by atoms with E-state index in [1.165, 1.54) is 6.07 Å². The number of unbranched alkanes of at least 4 members (excludes halogenated alkanes) is 2. The van der Waals surface area contributed by atoms with E-state index in [2.05, 4.69) is 0 Å². The largest absolute Gasteiger partial charge is 0.494 e. The molecule has 0 saturated carbocycles. The molecular weight excluding hydrogens is 255 g/mol. The van der Waals surface area contributed by atoms with Crippen molar-refractivity contribution in [2.45, 2.75) is 52.9 Å². The van der Waals surface area contributed by atoms with E-state index in [1.807, 2.05) is 20.8 Å². The number of Topliss-reactive ketones (excluding diaryl/α,β-unsaturated/α-hetero) is 1. The van der Waals surface area contributed by atoms with Gasteiger partial charge in [0.1, 0.15) is 17.3 Å². The number of ether oxygens (including phenoxy) is 1. The minimum absolute atomic E-state index is 0.121. The van der Waals surface area contributed by atoms with Gasteiger partial charge in [-0.3, -0.25) is 4.79 Å². The van der Waals surface area contributed by atoms with Crippen LogP contribution in [0.1, 0.15) is 52.0 Å². The molecule has 0 radical (unpaired) electrons. The molecule has 1 aromatic rings. The van der Waals surface area contributed by atoms with Crippen LogP contribution in [0, 0.1) is 11.7 Å². The maximum atomic E-state index is 13.6. The van der Waals surface area contributed by atoms with Crippen molar-refractivity contribution in [1.29, 1.82) is 0 Å². The van der Waals surface area contributed by atoms with Gasteiger partial charge in [-0.15, -0.1) is 0 Å². The van der Waals surface area contributed by atoms with Crippen LogP contribution in [0.25, 0.3) is 0 Å². The Morgan fingerprint density at radius 2 is 2.00 bits per heavy atom. The smallest absolute Gasteiger partial charge is 0.135 e. The summed E-state index contributed by atoms with van der Waals surface area (Å²) in [7, 11) is 0. The highest BCUT2D eigenvalue weighted by atomic mass is 19.1. The molecule has 0 N–H and O–H groups in total. The lowest BCUT2D eigenvalue weighted by atomic mass is 10.0. The number of ketones is 1. The van der Waals surface area contributed by atoms with Crippen molar-refractivity contribution in [3.63, 3.8) is 0 Å². The molecule has 0 spiro atoms. The molecule has 3 heteroatoms. The summed E-state index contributed by atoms with van der Waals surface area (Å²) in [6.07, 6.45) is 4.08.